The highest BCUT2D eigenvalue weighted by Gasteiger charge is 2.18. The van der Waals surface area contributed by atoms with E-state index in [1.807, 2.05) is 22.4 Å². The molecule has 2 aromatic rings. The minimum atomic E-state index is 0.187. The zero-order valence-electron chi connectivity index (χ0n) is 10.5. The van der Waals surface area contributed by atoms with E-state index in [1.54, 1.807) is 11.3 Å². The molecule has 0 unspecified atom stereocenters. The van der Waals surface area contributed by atoms with Gasteiger partial charge in [0.2, 0.25) is 11.7 Å². The first-order valence-electron chi connectivity index (χ1n) is 6.42. The number of hydrogen-bond acceptors (Lipinski definition) is 5. The summed E-state index contributed by atoms with van der Waals surface area (Å²) in [5, 5.41) is 14.2. The zero-order valence-corrected chi connectivity index (χ0v) is 11.3. The summed E-state index contributed by atoms with van der Waals surface area (Å²) in [7, 11) is 0. The van der Waals surface area contributed by atoms with Crippen molar-refractivity contribution >= 4 is 17.2 Å². The summed E-state index contributed by atoms with van der Waals surface area (Å²) in [6.07, 6.45) is 2.69. The lowest BCUT2D eigenvalue weighted by molar-refractivity contribution is -0.130. The van der Waals surface area contributed by atoms with E-state index in [2.05, 4.69) is 15.4 Å². The van der Waals surface area contributed by atoms with E-state index in [4.69, 9.17) is 0 Å². The second kappa shape index (κ2) is 5.48. The highest BCUT2D eigenvalue weighted by atomic mass is 32.1. The number of thiophene rings is 1. The molecule has 3 rings (SSSR count). The standard InChI is InChI=1S/C12H15N5OS/c18-11(16-6-1-2-7-16)5-8-17-14-12(13-15-17)10-4-3-9-19-10/h3-4,9H,1-2,5-8H2. The molecule has 1 aliphatic rings. The van der Waals surface area contributed by atoms with E-state index < -0.39 is 0 Å². The molecule has 1 saturated heterocycles. The van der Waals surface area contributed by atoms with E-state index in [9.17, 15) is 4.79 Å². The summed E-state index contributed by atoms with van der Waals surface area (Å²) < 4.78 is 0. The highest BCUT2D eigenvalue weighted by molar-refractivity contribution is 7.13. The first-order valence-corrected chi connectivity index (χ1v) is 7.30. The second-order valence-corrected chi connectivity index (χ2v) is 5.47. The molecule has 1 fully saturated rings. The van der Waals surface area contributed by atoms with E-state index in [0.29, 0.717) is 18.8 Å². The summed E-state index contributed by atoms with van der Waals surface area (Å²) in [6.45, 7) is 2.28. The van der Waals surface area contributed by atoms with Crippen molar-refractivity contribution in [2.75, 3.05) is 13.1 Å². The molecule has 0 N–H and O–H groups in total. The smallest absolute Gasteiger partial charge is 0.224 e. The van der Waals surface area contributed by atoms with Crippen LogP contribution in [-0.4, -0.2) is 44.1 Å². The number of aromatic nitrogens is 4. The molecule has 6 nitrogen and oxygen atoms in total. The minimum Gasteiger partial charge on any atom is -0.343 e. The average molecular weight is 277 g/mol. The van der Waals surface area contributed by atoms with Crippen LogP contribution < -0.4 is 0 Å². The lowest BCUT2D eigenvalue weighted by Gasteiger charge is -2.14. The Balaban J connectivity index is 1.57. The number of amides is 1. The van der Waals surface area contributed by atoms with E-state index in [-0.39, 0.29) is 5.91 Å². The molecule has 0 radical (unpaired) electrons. The molecular weight excluding hydrogens is 262 g/mol. The summed E-state index contributed by atoms with van der Waals surface area (Å²) in [5.74, 6) is 0.816. The fourth-order valence-corrected chi connectivity index (χ4v) is 2.81. The Labute approximate surface area is 115 Å². The maximum atomic E-state index is 11.9. The molecule has 0 aliphatic carbocycles. The number of rotatable bonds is 4. The minimum absolute atomic E-state index is 0.187. The van der Waals surface area contributed by atoms with Crippen LogP contribution in [0.3, 0.4) is 0 Å². The van der Waals surface area contributed by atoms with Crippen LogP contribution >= 0.6 is 11.3 Å². The van der Waals surface area contributed by atoms with Crippen LogP contribution in [-0.2, 0) is 11.3 Å². The highest BCUT2D eigenvalue weighted by Crippen LogP contribution is 2.19. The molecule has 0 bridgehead atoms. The van der Waals surface area contributed by atoms with Crippen molar-refractivity contribution in [1.29, 1.82) is 0 Å². The van der Waals surface area contributed by atoms with E-state index >= 15 is 0 Å². The van der Waals surface area contributed by atoms with Gasteiger partial charge in [-0.2, -0.15) is 4.80 Å². The molecule has 0 saturated carbocycles. The molecule has 0 aromatic carbocycles. The molecule has 100 valence electrons. The van der Waals surface area contributed by atoms with Gasteiger partial charge in [-0.1, -0.05) is 6.07 Å². The van der Waals surface area contributed by atoms with Gasteiger partial charge >= 0.3 is 0 Å². The molecule has 1 aliphatic heterocycles. The van der Waals surface area contributed by atoms with Gasteiger partial charge in [0, 0.05) is 19.5 Å². The van der Waals surface area contributed by atoms with Crippen molar-refractivity contribution < 1.29 is 4.79 Å². The van der Waals surface area contributed by atoms with Gasteiger partial charge in [-0.3, -0.25) is 4.79 Å². The zero-order chi connectivity index (χ0) is 13.1. The molecule has 2 aromatic heterocycles. The maximum Gasteiger partial charge on any atom is 0.224 e. The lowest BCUT2D eigenvalue weighted by atomic mass is 10.4. The summed E-state index contributed by atoms with van der Waals surface area (Å²) in [6, 6.07) is 3.92. The second-order valence-electron chi connectivity index (χ2n) is 4.52. The van der Waals surface area contributed by atoms with Gasteiger partial charge in [-0.15, -0.1) is 21.5 Å². The van der Waals surface area contributed by atoms with Gasteiger partial charge in [0.15, 0.2) is 0 Å². The quantitative estimate of drug-likeness (QED) is 0.847. The fraction of sp³-hybridized carbons (Fsp3) is 0.500. The Morgan fingerprint density at radius 3 is 2.95 bits per heavy atom. The van der Waals surface area contributed by atoms with Crippen molar-refractivity contribution in [3.8, 4) is 10.7 Å². The first-order chi connectivity index (χ1) is 9.33. The van der Waals surface area contributed by atoms with Gasteiger partial charge in [-0.05, 0) is 29.5 Å². The van der Waals surface area contributed by atoms with Crippen molar-refractivity contribution in [2.45, 2.75) is 25.8 Å². The monoisotopic (exact) mass is 277 g/mol. The van der Waals surface area contributed by atoms with Crippen molar-refractivity contribution in [3.05, 3.63) is 17.5 Å². The fourth-order valence-electron chi connectivity index (χ4n) is 2.16. The van der Waals surface area contributed by atoms with E-state index in [1.165, 1.54) is 4.80 Å². The predicted molar refractivity (Wildman–Crippen MR) is 71.6 cm³/mol. The molecule has 19 heavy (non-hydrogen) atoms. The van der Waals surface area contributed by atoms with Crippen LogP contribution in [0.2, 0.25) is 0 Å². The van der Waals surface area contributed by atoms with Gasteiger partial charge in [0.05, 0.1) is 11.4 Å². The largest absolute Gasteiger partial charge is 0.343 e. The topological polar surface area (TPSA) is 63.9 Å². The third-order valence-electron chi connectivity index (χ3n) is 3.18. The molecule has 1 amide bonds. The van der Waals surface area contributed by atoms with Crippen LogP contribution in [0.15, 0.2) is 17.5 Å². The van der Waals surface area contributed by atoms with Gasteiger partial charge < -0.3 is 4.90 Å². The van der Waals surface area contributed by atoms with Gasteiger partial charge in [0.25, 0.3) is 0 Å². The lowest BCUT2D eigenvalue weighted by Crippen LogP contribution is -2.28. The maximum absolute atomic E-state index is 11.9. The Morgan fingerprint density at radius 1 is 1.37 bits per heavy atom. The molecule has 7 heteroatoms. The van der Waals surface area contributed by atoms with Crippen LogP contribution in [0.5, 0.6) is 0 Å². The number of aryl methyl sites for hydroxylation is 1. The summed E-state index contributed by atoms with van der Waals surface area (Å²) in [5.41, 5.74) is 0. The molecular formula is C12H15N5OS. The SMILES string of the molecule is O=C(CCn1nnc(-c2cccs2)n1)N1CCCC1. The van der Waals surface area contributed by atoms with Crippen LogP contribution in [0, 0.1) is 0 Å². The normalized spacial score (nSPS) is 15.1. The Kier molecular flexibility index (Phi) is 3.54. The van der Waals surface area contributed by atoms with Crippen LogP contribution in [0.4, 0.5) is 0 Å². The molecule has 0 spiro atoms. The number of hydrogen-bond donors (Lipinski definition) is 0. The number of tetrazole rings is 1. The molecule has 0 atom stereocenters. The summed E-state index contributed by atoms with van der Waals surface area (Å²) >= 11 is 1.58. The van der Waals surface area contributed by atoms with Crippen LogP contribution in [0.1, 0.15) is 19.3 Å². The Hall–Kier alpha value is -1.76. The predicted octanol–water partition coefficient (Wildman–Crippen LogP) is 1.41. The Morgan fingerprint density at radius 2 is 2.21 bits per heavy atom. The third kappa shape index (κ3) is 2.81. The number of likely N-dealkylation sites (tertiary alicyclic amines) is 1. The summed E-state index contributed by atoms with van der Waals surface area (Å²) in [4.78, 5) is 16.3. The average Bonchev–Trinajstić information content (AvgIpc) is 3.14. The van der Waals surface area contributed by atoms with Gasteiger partial charge in [0.1, 0.15) is 0 Å². The van der Waals surface area contributed by atoms with Crippen LogP contribution in [0.25, 0.3) is 10.7 Å². The number of nitrogens with zero attached hydrogens (tertiary/aromatic N) is 5. The van der Waals surface area contributed by atoms with Gasteiger partial charge in [-0.25, -0.2) is 0 Å². The van der Waals surface area contributed by atoms with Crippen molar-refractivity contribution in [3.63, 3.8) is 0 Å². The first kappa shape index (κ1) is 12.3. The Bertz CT molecular complexity index is 544. The number of carbonyl (C=O) groups excluding carboxylic acids is 1. The number of carbonyl (C=O) groups is 1. The van der Waals surface area contributed by atoms with Crippen molar-refractivity contribution in [1.82, 2.24) is 25.1 Å². The third-order valence-corrected chi connectivity index (χ3v) is 4.04. The molecule has 3 heterocycles. The van der Waals surface area contributed by atoms with Crippen molar-refractivity contribution in [2.24, 2.45) is 0 Å². The van der Waals surface area contributed by atoms with E-state index in [0.717, 1.165) is 30.8 Å².